The summed E-state index contributed by atoms with van der Waals surface area (Å²) < 4.78 is 0. The van der Waals surface area contributed by atoms with Gasteiger partial charge in [0, 0.05) is 39.1 Å². The predicted octanol–water partition coefficient (Wildman–Crippen LogP) is 1.34. The molecule has 1 amide bonds. The molecule has 4 nitrogen and oxygen atoms in total. The Morgan fingerprint density at radius 1 is 1.28 bits per heavy atom. The maximum atomic E-state index is 12.0. The van der Waals surface area contributed by atoms with Gasteiger partial charge in [0.25, 0.3) is 0 Å². The van der Waals surface area contributed by atoms with Crippen LogP contribution in [0.25, 0.3) is 0 Å². The second-order valence-electron chi connectivity index (χ2n) is 6.19. The van der Waals surface area contributed by atoms with Crippen LogP contribution >= 0.6 is 0 Å². The number of aliphatic hydroxyl groups is 1. The molecule has 0 bridgehead atoms. The van der Waals surface area contributed by atoms with Gasteiger partial charge in [0.2, 0.25) is 5.91 Å². The van der Waals surface area contributed by atoms with Crippen LogP contribution in [0.2, 0.25) is 0 Å². The Labute approximate surface area is 111 Å². The van der Waals surface area contributed by atoms with E-state index in [1.54, 1.807) is 0 Å². The first-order valence-electron chi connectivity index (χ1n) is 7.04. The molecule has 4 heteroatoms. The van der Waals surface area contributed by atoms with Crippen LogP contribution in [0.4, 0.5) is 0 Å². The lowest BCUT2D eigenvalue weighted by Gasteiger charge is -2.37. The van der Waals surface area contributed by atoms with E-state index in [1.807, 2.05) is 18.7 Å². The van der Waals surface area contributed by atoms with Crippen LogP contribution in [0.15, 0.2) is 0 Å². The van der Waals surface area contributed by atoms with Crippen molar-refractivity contribution in [3.05, 3.63) is 0 Å². The second kappa shape index (κ2) is 6.53. The van der Waals surface area contributed by atoms with E-state index >= 15 is 0 Å². The monoisotopic (exact) mass is 256 g/mol. The summed E-state index contributed by atoms with van der Waals surface area (Å²) in [7, 11) is 0. The van der Waals surface area contributed by atoms with Crippen molar-refractivity contribution < 1.29 is 9.90 Å². The molecule has 1 atom stereocenters. The predicted molar refractivity (Wildman–Crippen MR) is 73.4 cm³/mol. The van der Waals surface area contributed by atoms with Crippen LogP contribution in [0.5, 0.6) is 0 Å². The van der Waals surface area contributed by atoms with Crippen LogP contribution in [0, 0.1) is 5.92 Å². The summed E-state index contributed by atoms with van der Waals surface area (Å²) in [5.41, 5.74) is -0.650. The highest BCUT2D eigenvalue weighted by molar-refractivity contribution is 5.76. The molecule has 0 aromatic carbocycles. The second-order valence-corrected chi connectivity index (χ2v) is 6.19. The summed E-state index contributed by atoms with van der Waals surface area (Å²) in [5.74, 6) is 0.763. The number of amides is 1. The lowest BCUT2D eigenvalue weighted by molar-refractivity contribution is -0.134. The van der Waals surface area contributed by atoms with E-state index in [4.69, 9.17) is 0 Å². The maximum absolute atomic E-state index is 12.0. The average molecular weight is 256 g/mol. The van der Waals surface area contributed by atoms with Gasteiger partial charge < -0.3 is 10.0 Å². The molecular formula is C14H28N2O2. The van der Waals surface area contributed by atoms with Gasteiger partial charge in [-0.05, 0) is 19.8 Å². The molecule has 0 spiro atoms. The third-order valence-electron chi connectivity index (χ3n) is 3.56. The Morgan fingerprint density at radius 3 is 2.28 bits per heavy atom. The molecule has 1 aliphatic rings. The summed E-state index contributed by atoms with van der Waals surface area (Å²) in [6, 6.07) is 0. The number of piperazine rings is 1. The highest BCUT2D eigenvalue weighted by Gasteiger charge is 2.25. The number of rotatable bonds is 5. The van der Waals surface area contributed by atoms with Crippen molar-refractivity contribution in [2.24, 2.45) is 5.92 Å². The molecule has 1 N–H and O–H groups in total. The Bertz CT molecular complexity index is 265. The number of carbonyl (C=O) groups is 1. The van der Waals surface area contributed by atoms with Gasteiger partial charge in [-0.3, -0.25) is 9.69 Å². The Hall–Kier alpha value is -0.610. The number of carbonyl (C=O) groups excluding carboxylic acids is 1. The summed E-state index contributed by atoms with van der Waals surface area (Å²) in [6.07, 6.45) is 1.73. The van der Waals surface area contributed by atoms with Crippen molar-refractivity contribution in [1.29, 1.82) is 0 Å². The summed E-state index contributed by atoms with van der Waals surface area (Å²) in [4.78, 5) is 16.2. The zero-order chi connectivity index (χ0) is 13.8. The smallest absolute Gasteiger partial charge is 0.222 e. The maximum Gasteiger partial charge on any atom is 0.222 e. The van der Waals surface area contributed by atoms with Crippen molar-refractivity contribution in [1.82, 2.24) is 9.80 Å². The molecule has 1 saturated heterocycles. The number of β-amino-alcohol motifs (C(OH)–C–C–N with tert-alkyl or cyclic N) is 1. The molecule has 18 heavy (non-hydrogen) atoms. The van der Waals surface area contributed by atoms with Crippen LogP contribution in [0.3, 0.4) is 0 Å². The first-order valence-corrected chi connectivity index (χ1v) is 7.04. The van der Waals surface area contributed by atoms with Crippen molar-refractivity contribution >= 4 is 5.91 Å². The van der Waals surface area contributed by atoms with Crippen LogP contribution in [-0.4, -0.2) is 59.1 Å². The molecule has 1 rings (SSSR count). The molecule has 106 valence electrons. The van der Waals surface area contributed by atoms with Gasteiger partial charge in [0.05, 0.1) is 5.60 Å². The fourth-order valence-corrected chi connectivity index (χ4v) is 2.27. The molecule has 0 aromatic heterocycles. The number of hydrogen-bond donors (Lipinski definition) is 1. The normalized spacial score (nSPS) is 19.9. The fraction of sp³-hybridized carbons (Fsp3) is 0.929. The van der Waals surface area contributed by atoms with E-state index in [1.165, 1.54) is 0 Å². The zero-order valence-electron chi connectivity index (χ0n) is 12.3. The zero-order valence-corrected chi connectivity index (χ0v) is 12.3. The topological polar surface area (TPSA) is 43.8 Å². The van der Waals surface area contributed by atoms with E-state index in [-0.39, 0.29) is 5.91 Å². The van der Waals surface area contributed by atoms with Crippen molar-refractivity contribution in [2.75, 3.05) is 32.7 Å². The van der Waals surface area contributed by atoms with Gasteiger partial charge in [-0.15, -0.1) is 0 Å². The molecule has 0 aromatic rings. The lowest BCUT2D eigenvalue weighted by atomic mass is 10.0. The quantitative estimate of drug-likeness (QED) is 0.807. The van der Waals surface area contributed by atoms with Gasteiger partial charge >= 0.3 is 0 Å². The first-order chi connectivity index (χ1) is 8.31. The Kier molecular flexibility index (Phi) is 5.60. The largest absolute Gasteiger partial charge is 0.389 e. The summed E-state index contributed by atoms with van der Waals surface area (Å²) >= 11 is 0. The van der Waals surface area contributed by atoms with E-state index < -0.39 is 5.60 Å². The van der Waals surface area contributed by atoms with Gasteiger partial charge in [-0.2, -0.15) is 0 Å². The highest BCUT2D eigenvalue weighted by Crippen LogP contribution is 2.12. The number of nitrogens with zero attached hydrogens (tertiary/aromatic N) is 2. The lowest BCUT2D eigenvalue weighted by Crippen LogP contribution is -2.52. The van der Waals surface area contributed by atoms with Gasteiger partial charge in [-0.25, -0.2) is 0 Å². The van der Waals surface area contributed by atoms with E-state index in [0.717, 1.165) is 32.6 Å². The molecule has 1 heterocycles. The first kappa shape index (κ1) is 15.4. The van der Waals surface area contributed by atoms with Gasteiger partial charge in [0.1, 0.15) is 0 Å². The van der Waals surface area contributed by atoms with E-state index in [0.29, 0.717) is 18.9 Å². The van der Waals surface area contributed by atoms with Crippen molar-refractivity contribution in [3.8, 4) is 0 Å². The number of hydrogen-bond acceptors (Lipinski definition) is 3. The Morgan fingerprint density at radius 2 is 1.83 bits per heavy atom. The SMILES string of the molecule is CCC(C)CC(=O)N1CCN(CC(C)(C)O)CC1. The molecule has 0 radical (unpaired) electrons. The van der Waals surface area contributed by atoms with Gasteiger partial charge in [0.15, 0.2) is 0 Å². The highest BCUT2D eigenvalue weighted by atomic mass is 16.3. The average Bonchev–Trinajstić information content (AvgIpc) is 2.27. The van der Waals surface area contributed by atoms with Crippen LogP contribution < -0.4 is 0 Å². The molecule has 1 aliphatic heterocycles. The molecule has 0 aliphatic carbocycles. The molecular weight excluding hydrogens is 228 g/mol. The van der Waals surface area contributed by atoms with E-state index in [9.17, 15) is 9.90 Å². The van der Waals surface area contributed by atoms with Crippen molar-refractivity contribution in [3.63, 3.8) is 0 Å². The van der Waals surface area contributed by atoms with Gasteiger partial charge in [-0.1, -0.05) is 20.3 Å². The summed E-state index contributed by atoms with van der Waals surface area (Å²) in [5, 5.41) is 9.77. The molecule has 1 fully saturated rings. The Balaban J connectivity index is 2.33. The molecule has 1 unspecified atom stereocenters. The third kappa shape index (κ3) is 5.36. The fourth-order valence-electron chi connectivity index (χ4n) is 2.27. The standard InChI is InChI=1S/C14H28N2O2/c1-5-12(2)10-13(17)16-8-6-15(7-9-16)11-14(3,4)18/h12,18H,5-11H2,1-4H3. The minimum absolute atomic E-state index is 0.284. The van der Waals surface area contributed by atoms with Crippen LogP contribution in [0.1, 0.15) is 40.5 Å². The molecule has 0 saturated carbocycles. The minimum atomic E-state index is -0.650. The van der Waals surface area contributed by atoms with Crippen LogP contribution in [-0.2, 0) is 4.79 Å². The third-order valence-corrected chi connectivity index (χ3v) is 3.56. The summed E-state index contributed by atoms with van der Waals surface area (Å²) in [6.45, 7) is 11.9. The van der Waals surface area contributed by atoms with E-state index in [2.05, 4.69) is 18.7 Å². The minimum Gasteiger partial charge on any atom is -0.389 e. The van der Waals surface area contributed by atoms with Crippen molar-refractivity contribution in [2.45, 2.75) is 46.1 Å².